The van der Waals surface area contributed by atoms with E-state index in [9.17, 15) is 13.2 Å². The highest BCUT2D eigenvalue weighted by Gasteiger charge is 2.25. The smallest absolute Gasteiger partial charge is 0.315 e. The Morgan fingerprint density at radius 2 is 1.80 bits per heavy atom. The zero-order valence-electron chi connectivity index (χ0n) is 9.45. The maximum Gasteiger partial charge on any atom is 0.389 e. The lowest BCUT2D eigenvalue weighted by molar-refractivity contribution is -0.135. The number of nitrogens with one attached hydrogen (secondary N) is 2. The van der Waals surface area contributed by atoms with Crippen LogP contribution in [0.3, 0.4) is 0 Å². The summed E-state index contributed by atoms with van der Waals surface area (Å²) >= 11 is 0. The van der Waals surface area contributed by atoms with Crippen molar-refractivity contribution >= 4 is 0 Å². The van der Waals surface area contributed by atoms with Crippen molar-refractivity contribution in [1.29, 1.82) is 0 Å². The summed E-state index contributed by atoms with van der Waals surface area (Å²) in [6.07, 6.45) is -3.49. The lowest BCUT2D eigenvalue weighted by Gasteiger charge is -2.11. The van der Waals surface area contributed by atoms with Gasteiger partial charge in [0.2, 0.25) is 0 Å². The minimum Gasteiger partial charge on any atom is -0.315 e. The predicted octanol–water partition coefficient (Wildman–Crippen LogP) is 2.31. The van der Waals surface area contributed by atoms with Gasteiger partial charge in [-0.1, -0.05) is 6.92 Å². The van der Waals surface area contributed by atoms with E-state index in [1.807, 2.05) is 0 Å². The molecule has 0 fully saturated rings. The minimum absolute atomic E-state index is 0.160. The minimum atomic E-state index is -4.02. The van der Waals surface area contributed by atoms with E-state index in [1.54, 1.807) is 0 Å². The summed E-state index contributed by atoms with van der Waals surface area (Å²) in [6.45, 7) is 6.14. The third-order valence-corrected chi connectivity index (χ3v) is 2.22. The van der Waals surface area contributed by atoms with E-state index in [2.05, 4.69) is 24.5 Å². The van der Waals surface area contributed by atoms with Crippen molar-refractivity contribution in [3.63, 3.8) is 0 Å². The highest BCUT2D eigenvalue weighted by Crippen LogP contribution is 2.20. The number of halogens is 3. The van der Waals surface area contributed by atoms with Crippen molar-refractivity contribution in [3.8, 4) is 0 Å². The summed E-state index contributed by atoms with van der Waals surface area (Å²) in [6, 6.07) is 0.474. The molecule has 0 saturated carbocycles. The summed E-state index contributed by atoms with van der Waals surface area (Å²) in [7, 11) is 0. The first kappa shape index (κ1) is 14.7. The summed E-state index contributed by atoms with van der Waals surface area (Å²) < 4.78 is 35.2. The molecular formula is C10H21F3N2. The van der Waals surface area contributed by atoms with Crippen LogP contribution in [0.4, 0.5) is 13.2 Å². The molecule has 2 nitrogen and oxygen atoms in total. The van der Waals surface area contributed by atoms with Gasteiger partial charge in [0.1, 0.15) is 0 Å². The van der Waals surface area contributed by atoms with E-state index in [1.165, 1.54) is 0 Å². The second-order valence-electron chi connectivity index (χ2n) is 3.73. The average molecular weight is 226 g/mol. The molecular weight excluding hydrogens is 205 g/mol. The topological polar surface area (TPSA) is 24.1 Å². The first-order valence-electron chi connectivity index (χ1n) is 5.46. The van der Waals surface area contributed by atoms with Gasteiger partial charge in [0.25, 0.3) is 0 Å². The quantitative estimate of drug-likeness (QED) is 0.621. The van der Waals surface area contributed by atoms with E-state index in [-0.39, 0.29) is 6.42 Å². The monoisotopic (exact) mass is 226 g/mol. The Balaban J connectivity index is 3.12. The molecule has 0 aliphatic rings. The van der Waals surface area contributed by atoms with Gasteiger partial charge >= 0.3 is 6.18 Å². The third kappa shape index (κ3) is 11.6. The van der Waals surface area contributed by atoms with Crippen LogP contribution in [0.15, 0.2) is 0 Å². The molecule has 1 atom stereocenters. The Labute approximate surface area is 89.6 Å². The van der Waals surface area contributed by atoms with E-state index in [0.717, 1.165) is 19.5 Å². The Bertz CT molecular complexity index is 148. The second kappa shape index (κ2) is 7.93. The molecule has 0 heterocycles. The van der Waals surface area contributed by atoms with Gasteiger partial charge in [-0.15, -0.1) is 0 Å². The van der Waals surface area contributed by atoms with Gasteiger partial charge in [-0.25, -0.2) is 0 Å². The molecule has 5 heteroatoms. The van der Waals surface area contributed by atoms with Crippen LogP contribution >= 0.6 is 0 Å². The number of hydrogen-bond acceptors (Lipinski definition) is 2. The SMILES string of the molecule is CCC(C)NCCNCCCC(F)(F)F. The van der Waals surface area contributed by atoms with Crippen LogP contribution < -0.4 is 10.6 Å². The number of alkyl halides is 3. The summed E-state index contributed by atoms with van der Waals surface area (Å²) in [5.41, 5.74) is 0. The molecule has 1 unspecified atom stereocenters. The normalized spacial score (nSPS) is 14.2. The highest BCUT2D eigenvalue weighted by atomic mass is 19.4. The van der Waals surface area contributed by atoms with Gasteiger partial charge in [-0.3, -0.25) is 0 Å². The molecule has 0 amide bonds. The van der Waals surface area contributed by atoms with E-state index >= 15 is 0 Å². The molecule has 0 aromatic carbocycles. The standard InChI is InChI=1S/C10H21F3N2/c1-3-9(2)15-8-7-14-6-4-5-10(11,12)13/h9,14-15H,3-8H2,1-2H3. The molecule has 0 aromatic heterocycles. The zero-order valence-corrected chi connectivity index (χ0v) is 9.45. The fraction of sp³-hybridized carbons (Fsp3) is 1.00. The Morgan fingerprint density at radius 3 is 2.33 bits per heavy atom. The lowest BCUT2D eigenvalue weighted by Crippen LogP contribution is -2.33. The summed E-state index contributed by atoms with van der Waals surface area (Å²) in [5, 5.41) is 6.23. The second-order valence-corrected chi connectivity index (χ2v) is 3.73. The molecule has 0 aliphatic carbocycles. The van der Waals surface area contributed by atoms with Crippen LogP contribution in [0.2, 0.25) is 0 Å². The van der Waals surface area contributed by atoms with E-state index < -0.39 is 12.6 Å². The van der Waals surface area contributed by atoms with Gasteiger partial charge in [-0.2, -0.15) is 13.2 Å². The van der Waals surface area contributed by atoms with Crippen LogP contribution in [0.25, 0.3) is 0 Å². The fourth-order valence-corrected chi connectivity index (χ4v) is 1.09. The van der Waals surface area contributed by atoms with Crippen molar-refractivity contribution in [1.82, 2.24) is 10.6 Å². The van der Waals surface area contributed by atoms with Crippen molar-refractivity contribution in [2.24, 2.45) is 0 Å². The van der Waals surface area contributed by atoms with Gasteiger partial charge in [0.05, 0.1) is 0 Å². The van der Waals surface area contributed by atoms with Gasteiger partial charge < -0.3 is 10.6 Å². The summed E-state index contributed by atoms with van der Waals surface area (Å²) in [5.74, 6) is 0. The molecule has 2 N–H and O–H groups in total. The molecule has 92 valence electrons. The largest absolute Gasteiger partial charge is 0.389 e. The van der Waals surface area contributed by atoms with E-state index in [0.29, 0.717) is 12.6 Å². The van der Waals surface area contributed by atoms with Crippen molar-refractivity contribution in [2.45, 2.75) is 45.3 Å². The molecule has 0 radical (unpaired) electrons. The predicted molar refractivity (Wildman–Crippen MR) is 55.9 cm³/mol. The van der Waals surface area contributed by atoms with Crippen molar-refractivity contribution in [3.05, 3.63) is 0 Å². The molecule has 0 bridgehead atoms. The summed E-state index contributed by atoms with van der Waals surface area (Å²) in [4.78, 5) is 0. The zero-order chi connectivity index (χ0) is 11.7. The molecule has 15 heavy (non-hydrogen) atoms. The van der Waals surface area contributed by atoms with Crippen molar-refractivity contribution in [2.75, 3.05) is 19.6 Å². The number of hydrogen-bond donors (Lipinski definition) is 2. The molecule has 0 saturated heterocycles. The Morgan fingerprint density at radius 1 is 1.13 bits per heavy atom. The third-order valence-electron chi connectivity index (χ3n) is 2.22. The number of rotatable bonds is 8. The Hall–Kier alpha value is -0.290. The van der Waals surface area contributed by atoms with Crippen molar-refractivity contribution < 1.29 is 13.2 Å². The molecule has 0 rings (SSSR count). The van der Waals surface area contributed by atoms with Gasteiger partial charge in [0, 0.05) is 25.6 Å². The average Bonchev–Trinajstić information content (AvgIpc) is 2.14. The van der Waals surface area contributed by atoms with Crippen LogP contribution in [0.5, 0.6) is 0 Å². The molecule has 0 spiro atoms. The Kier molecular flexibility index (Phi) is 7.78. The highest BCUT2D eigenvalue weighted by molar-refractivity contribution is 4.59. The molecule has 0 aromatic rings. The van der Waals surface area contributed by atoms with Crippen LogP contribution in [0, 0.1) is 0 Å². The lowest BCUT2D eigenvalue weighted by atomic mass is 10.2. The first-order valence-corrected chi connectivity index (χ1v) is 5.46. The van der Waals surface area contributed by atoms with Crippen LogP contribution in [-0.2, 0) is 0 Å². The first-order chi connectivity index (χ1) is 6.95. The maximum atomic E-state index is 11.7. The maximum absolute atomic E-state index is 11.7. The fourth-order valence-electron chi connectivity index (χ4n) is 1.09. The molecule has 0 aliphatic heterocycles. The van der Waals surface area contributed by atoms with Gasteiger partial charge in [-0.05, 0) is 26.3 Å². The van der Waals surface area contributed by atoms with Crippen LogP contribution in [-0.4, -0.2) is 31.9 Å². The van der Waals surface area contributed by atoms with Crippen LogP contribution in [0.1, 0.15) is 33.1 Å². The van der Waals surface area contributed by atoms with Gasteiger partial charge in [0.15, 0.2) is 0 Å². The van der Waals surface area contributed by atoms with E-state index in [4.69, 9.17) is 0 Å².